The van der Waals surface area contributed by atoms with Crippen molar-refractivity contribution in [1.29, 1.82) is 0 Å². The zero-order chi connectivity index (χ0) is 13.7. The summed E-state index contributed by atoms with van der Waals surface area (Å²) < 4.78 is 0. The van der Waals surface area contributed by atoms with E-state index >= 15 is 0 Å². The molecule has 3 N–H and O–H groups in total. The quantitative estimate of drug-likeness (QED) is 0.763. The largest absolute Gasteiger partial charge is 0.478 e. The summed E-state index contributed by atoms with van der Waals surface area (Å²) in [4.78, 5) is 25.7. The SMILES string of the molecule is O=C(O)c1cccc(C(=O)NCCc2ccc[nH]2)c1. The smallest absolute Gasteiger partial charge is 0.335 e. The highest BCUT2D eigenvalue weighted by Gasteiger charge is 2.08. The van der Waals surface area contributed by atoms with E-state index < -0.39 is 5.97 Å². The van der Waals surface area contributed by atoms with Crippen LogP contribution in [0.1, 0.15) is 26.4 Å². The molecule has 5 nitrogen and oxygen atoms in total. The molecule has 0 saturated heterocycles. The van der Waals surface area contributed by atoms with Crippen LogP contribution >= 0.6 is 0 Å². The van der Waals surface area contributed by atoms with Crippen molar-refractivity contribution in [2.75, 3.05) is 6.54 Å². The van der Waals surface area contributed by atoms with Gasteiger partial charge in [0.05, 0.1) is 5.56 Å². The van der Waals surface area contributed by atoms with Crippen molar-refractivity contribution in [1.82, 2.24) is 10.3 Å². The highest BCUT2D eigenvalue weighted by Crippen LogP contribution is 2.05. The number of carbonyl (C=O) groups excluding carboxylic acids is 1. The molecule has 2 rings (SSSR count). The molecule has 0 aliphatic heterocycles. The van der Waals surface area contributed by atoms with Crippen molar-refractivity contribution >= 4 is 11.9 Å². The fourth-order valence-corrected chi connectivity index (χ4v) is 1.73. The van der Waals surface area contributed by atoms with Crippen molar-refractivity contribution in [3.05, 3.63) is 59.4 Å². The van der Waals surface area contributed by atoms with Gasteiger partial charge in [-0.05, 0) is 30.3 Å². The highest BCUT2D eigenvalue weighted by molar-refractivity contribution is 5.97. The molecular weight excluding hydrogens is 244 g/mol. The number of rotatable bonds is 5. The van der Waals surface area contributed by atoms with E-state index in [2.05, 4.69) is 10.3 Å². The lowest BCUT2D eigenvalue weighted by molar-refractivity contribution is 0.0697. The van der Waals surface area contributed by atoms with Gasteiger partial charge in [0.15, 0.2) is 0 Å². The second kappa shape index (κ2) is 5.86. The number of nitrogens with one attached hydrogen (secondary N) is 2. The molecule has 19 heavy (non-hydrogen) atoms. The lowest BCUT2D eigenvalue weighted by Gasteiger charge is -2.05. The molecule has 5 heteroatoms. The molecule has 1 aromatic heterocycles. The predicted molar refractivity (Wildman–Crippen MR) is 70.2 cm³/mol. The normalized spacial score (nSPS) is 10.1. The summed E-state index contributed by atoms with van der Waals surface area (Å²) in [5, 5.41) is 11.6. The van der Waals surface area contributed by atoms with Gasteiger partial charge in [-0.1, -0.05) is 6.07 Å². The number of H-pyrrole nitrogens is 1. The number of aromatic nitrogens is 1. The van der Waals surface area contributed by atoms with Gasteiger partial charge in [-0.3, -0.25) is 4.79 Å². The average Bonchev–Trinajstić information content (AvgIpc) is 2.92. The van der Waals surface area contributed by atoms with E-state index in [4.69, 9.17) is 5.11 Å². The van der Waals surface area contributed by atoms with Gasteiger partial charge in [-0.25, -0.2) is 4.79 Å². The molecule has 1 heterocycles. The van der Waals surface area contributed by atoms with Crippen molar-refractivity contribution in [3.63, 3.8) is 0 Å². The fraction of sp³-hybridized carbons (Fsp3) is 0.143. The minimum absolute atomic E-state index is 0.108. The Balaban J connectivity index is 1.92. The van der Waals surface area contributed by atoms with Gasteiger partial charge in [0.25, 0.3) is 5.91 Å². The van der Waals surface area contributed by atoms with Crippen LogP contribution in [0.15, 0.2) is 42.6 Å². The summed E-state index contributed by atoms with van der Waals surface area (Å²) in [5.41, 5.74) is 1.50. The van der Waals surface area contributed by atoms with Crippen LogP contribution < -0.4 is 5.32 Å². The minimum atomic E-state index is -1.04. The van der Waals surface area contributed by atoms with Crippen molar-refractivity contribution < 1.29 is 14.7 Å². The lowest BCUT2D eigenvalue weighted by Crippen LogP contribution is -2.25. The summed E-state index contributed by atoms with van der Waals surface area (Å²) in [5.74, 6) is -1.31. The monoisotopic (exact) mass is 258 g/mol. The first kappa shape index (κ1) is 12.9. The summed E-state index contributed by atoms with van der Waals surface area (Å²) in [6, 6.07) is 9.81. The number of aromatic carboxylic acids is 1. The molecule has 98 valence electrons. The molecule has 0 atom stereocenters. The van der Waals surface area contributed by atoms with Gasteiger partial charge >= 0.3 is 5.97 Å². The van der Waals surface area contributed by atoms with E-state index in [9.17, 15) is 9.59 Å². The Kier molecular flexibility index (Phi) is 3.97. The fourth-order valence-electron chi connectivity index (χ4n) is 1.73. The molecule has 0 bridgehead atoms. The molecular formula is C14H14N2O3. The van der Waals surface area contributed by atoms with E-state index in [0.717, 1.165) is 5.69 Å². The van der Waals surface area contributed by atoms with E-state index in [1.54, 1.807) is 12.1 Å². The van der Waals surface area contributed by atoms with Gasteiger partial charge in [0, 0.05) is 30.4 Å². The topological polar surface area (TPSA) is 82.2 Å². The van der Waals surface area contributed by atoms with Crippen LogP contribution in [-0.2, 0) is 6.42 Å². The second-order valence-electron chi connectivity index (χ2n) is 4.09. The van der Waals surface area contributed by atoms with Gasteiger partial charge in [0.2, 0.25) is 0 Å². The number of carboxylic acid groups (broad SMARTS) is 1. The standard InChI is InChI=1S/C14H14N2O3/c17-13(16-8-6-12-5-2-7-15-12)10-3-1-4-11(9-10)14(18)19/h1-5,7,9,15H,6,8H2,(H,16,17)(H,18,19). The Labute approximate surface area is 110 Å². The van der Waals surface area contributed by atoms with Crippen LogP contribution in [0.4, 0.5) is 0 Å². The zero-order valence-electron chi connectivity index (χ0n) is 10.2. The third-order valence-electron chi connectivity index (χ3n) is 2.71. The van der Waals surface area contributed by atoms with Gasteiger partial charge in [-0.15, -0.1) is 0 Å². The van der Waals surface area contributed by atoms with Crippen LogP contribution in [0.5, 0.6) is 0 Å². The summed E-state index contributed by atoms with van der Waals surface area (Å²) in [6.45, 7) is 0.497. The molecule has 0 aliphatic carbocycles. The Morgan fingerprint density at radius 3 is 2.63 bits per heavy atom. The number of aromatic amines is 1. The van der Waals surface area contributed by atoms with Crippen LogP contribution in [-0.4, -0.2) is 28.5 Å². The first-order chi connectivity index (χ1) is 9.16. The predicted octanol–water partition coefficient (Wildman–Crippen LogP) is 1.69. The van der Waals surface area contributed by atoms with Crippen molar-refractivity contribution in [3.8, 4) is 0 Å². The van der Waals surface area contributed by atoms with E-state index in [1.165, 1.54) is 12.1 Å². The van der Waals surface area contributed by atoms with E-state index in [-0.39, 0.29) is 11.5 Å². The Morgan fingerprint density at radius 2 is 1.95 bits per heavy atom. The Hall–Kier alpha value is -2.56. The van der Waals surface area contributed by atoms with Crippen molar-refractivity contribution in [2.45, 2.75) is 6.42 Å². The second-order valence-corrected chi connectivity index (χ2v) is 4.09. The van der Waals surface area contributed by atoms with Crippen molar-refractivity contribution in [2.24, 2.45) is 0 Å². The number of hydrogen-bond donors (Lipinski definition) is 3. The first-order valence-corrected chi connectivity index (χ1v) is 5.90. The first-order valence-electron chi connectivity index (χ1n) is 5.90. The molecule has 0 aliphatic rings. The lowest BCUT2D eigenvalue weighted by atomic mass is 10.1. The Bertz CT molecular complexity index is 576. The molecule has 0 fully saturated rings. The maximum absolute atomic E-state index is 11.8. The number of amides is 1. The molecule has 0 spiro atoms. The van der Waals surface area contributed by atoms with E-state index in [0.29, 0.717) is 18.5 Å². The van der Waals surface area contributed by atoms with Crippen LogP contribution in [0.2, 0.25) is 0 Å². The van der Waals surface area contributed by atoms with Crippen LogP contribution in [0, 0.1) is 0 Å². The van der Waals surface area contributed by atoms with E-state index in [1.807, 2.05) is 18.3 Å². The number of hydrogen-bond acceptors (Lipinski definition) is 2. The number of carboxylic acids is 1. The maximum atomic E-state index is 11.8. The summed E-state index contributed by atoms with van der Waals surface area (Å²) >= 11 is 0. The Morgan fingerprint density at radius 1 is 1.16 bits per heavy atom. The summed E-state index contributed by atoms with van der Waals surface area (Å²) in [7, 11) is 0. The average molecular weight is 258 g/mol. The summed E-state index contributed by atoms with van der Waals surface area (Å²) in [6.07, 6.45) is 2.53. The molecule has 0 unspecified atom stereocenters. The van der Waals surface area contributed by atoms with Gasteiger partial charge in [-0.2, -0.15) is 0 Å². The zero-order valence-corrected chi connectivity index (χ0v) is 10.2. The number of carbonyl (C=O) groups is 2. The van der Waals surface area contributed by atoms with Crippen LogP contribution in [0.25, 0.3) is 0 Å². The van der Waals surface area contributed by atoms with Gasteiger partial charge < -0.3 is 15.4 Å². The molecule has 1 amide bonds. The molecule has 0 saturated carbocycles. The molecule has 2 aromatic rings. The molecule has 1 aromatic carbocycles. The van der Waals surface area contributed by atoms with Crippen LogP contribution in [0.3, 0.4) is 0 Å². The van der Waals surface area contributed by atoms with Gasteiger partial charge in [0.1, 0.15) is 0 Å². The third kappa shape index (κ3) is 3.45. The molecule has 0 radical (unpaired) electrons. The minimum Gasteiger partial charge on any atom is -0.478 e. The maximum Gasteiger partial charge on any atom is 0.335 e. The number of benzene rings is 1. The highest BCUT2D eigenvalue weighted by atomic mass is 16.4. The third-order valence-corrected chi connectivity index (χ3v) is 2.71.